The van der Waals surface area contributed by atoms with E-state index in [4.69, 9.17) is 0 Å². The molecule has 1 aliphatic rings. The Balaban J connectivity index is 2.01. The summed E-state index contributed by atoms with van der Waals surface area (Å²) in [4.78, 5) is 8.82. The first-order valence-corrected chi connectivity index (χ1v) is 6.03. The van der Waals surface area contributed by atoms with E-state index in [1.54, 1.807) is 0 Å². The summed E-state index contributed by atoms with van der Waals surface area (Å²) in [5, 5.41) is 6.85. The van der Waals surface area contributed by atoms with Gasteiger partial charge in [0.25, 0.3) is 0 Å². The largest absolute Gasteiger partial charge is 0.350 e. The van der Waals surface area contributed by atoms with Gasteiger partial charge in [0.15, 0.2) is 0 Å². The second-order valence-corrected chi connectivity index (χ2v) is 4.52. The van der Waals surface area contributed by atoms with Crippen LogP contribution in [-0.4, -0.2) is 29.1 Å². The molecule has 4 nitrogen and oxygen atoms in total. The molecule has 1 saturated heterocycles. The first-order valence-electron chi connectivity index (χ1n) is 6.03. The monoisotopic (exact) mass is 220 g/mol. The van der Waals surface area contributed by atoms with Gasteiger partial charge in [-0.3, -0.25) is 0 Å². The minimum atomic E-state index is 0.462. The number of hydrogen-bond acceptors (Lipinski definition) is 4. The Morgan fingerprint density at radius 2 is 2.00 bits per heavy atom. The minimum absolute atomic E-state index is 0.462. The molecule has 0 saturated carbocycles. The molecule has 2 rings (SSSR count). The Labute approximate surface area is 96.9 Å². The van der Waals surface area contributed by atoms with Crippen molar-refractivity contribution in [3.63, 3.8) is 0 Å². The van der Waals surface area contributed by atoms with Gasteiger partial charge in [0.05, 0.1) is 0 Å². The third-order valence-corrected chi connectivity index (χ3v) is 2.86. The standard InChI is InChI=1S/C12H20N4/c1-9-7-10(2)15-12(14-9)16-11-5-3-4-6-13-8-11/h7,11,13H,3-6,8H2,1-2H3,(H,14,15,16). The number of nitrogens with zero attached hydrogens (tertiary/aromatic N) is 2. The Morgan fingerprint density at radius 3 is 2.75 bits per heavy atom. The highest BCUT2D eigenvalue weighted by Crippen LogP contribution is 2.10. The molecule has 0 spiro atoms. The first-order chi connectivity index (χ1) is 7.74. The molecule has 0 radical (unpaired) electrons. The molecule has 1 aromatic rings. The third-order valence-electron chi connectivity index (χ3n) is 2.86. The van der Waals surface area contributed by atoms with Gasteiger partial charge in [0.1, 0.15) is 0 Å². The van der Waals surface area contributed by atoms with E-state index >= 15 is 0 Å². The van der Waals surface area contributed by atoms with Gasteiger partial charge >= 0.3 is 0 Å². The van der Waals surface area contributed by atoms with E-state index < -0.39 is 0 Å². The highest BCUT2D eigenvalue weighted by molar-refractivity contribution is 5.29. The van der Waals surface area contributed by atoms with E-state index in [2.05, 4.69) is 20.6 Å². The van der Waals surface area contributed by atoms with E-state index in [-0.39, 0.29) is 0 Å². The van der Waals surface area contributed by atoms with Gasteiger partial charge in [0.2, 0.25) is 5.95 Å². The van der Waals surface area contributed by atoms with Crippen molar-refractivity contribution in [3.8, 4) is 0 Å². The first kappa shape index (κ1) is 11.3. The molecule has 1 fully saturated rings. The summed E-state index contributed by atoms with van der Waals surface area (Å²) < 4.78 is 0. The highest BCUT2D eigenvalue weighted by atomic mass is 15.1. The molecule has 2 N–H and O–H groups in total. The second-order valence-electron chi connectivity index (χ2n) is 4.52. The lowest BCUT2D eigenvalue weighted by Gasteiger charge is -2.16. The van der Waals surface area contributed by atoms with E-state index in [0.29, 0.717) is 6.04 Å². The number of hydrogen-bond donors (Lipinski definition) is 2. The number of rotatable bonds is 2. The Morgan fingerprint density at radius 1 is 1.25 bits per heavy atom. The third kappa shape index (κ3) is 3.17. The molecule has 88 valence electrons. The molecule has 0 aromatic carbocycles. The van der Waals surface area contributed by atoms with Crippen LogP contribution in [0.5, 0.6) is 0 Å². The van der Waals surface area contributed by atoms with E-state index in [0.717, 1.165) is 30.4 Å². The zero-order valence-electron chi connectivity index (χ0n) is 10.1. The summed E-state index contributed by atoms with van der Waals surface area (Å²) >= 11 is 0. The van der Waals surface area contributed by atoms with Crippen molar-refractivity contribution in [1.82, 2.24) is 15.3 Å². The van der Waals surface area contributed by atoms with E-state index in [1.165, 1.54) is 19.3 Å². The van der Waals surface area contributed by atoms with Crippen LogP contribution in [0.25, 0.3) is 0 Å². The van der Waals surface area contributed by atoms with Crippen molar-refractivity contribution in [2.45, 2.75) is 39.2 Å². The van der Waals surface area contributed by atoms with Crippen LogP contribution >= 0.6 is 0 Å². The molecule has 1 unspecified atom stereocenters. The SMILES string of the molecule is Cc1cc(C)nc(NC2CCCCNC2)n1. The van der Waals surface area contributed by atoms with Crippen molar-refractivity contribution < 1.29 is 0 Å². The summed E-state index contributed by atoms with van der Waals surface area (Å²) in [6.07, 6.45) is 3.74. The van der Waals surface area contributed by atoms with Gasteiger partial charge in [0, 0.05) is 24.0 Å². The van der Waals surface area contributed by atoms with Crippen LogP contribution in [-0.2, 0) is 0 Å². The van der Waals surface area contributed by atoms with Crippen molar-refractivity contribution in [2.75, 3.05) is 18.4 Å². The molecule has 16 heavy (non-hydrogen) atoms. The van der Waals surface area contributed by atoms with Crippen molar-refractivity contribution in [3.05, 3.63) is 17.5 Å². The van der Waals surface area contributed by atoms with Gasteiger partial charge in [-0.25, -0.2) is 9.97 Å². The van der Waals surface area contributed by atoms with Gasteiger partial charge in [-0.2, -0.15) is 0 Å². The summed E-state index contributed by atoms with van der Waals surface area (Å²) in [6, 6.07) is 2.46. The smallest absolute Gasteiger partial charge is 0.223 e. The maximum Gasteiger partial charge on any atom is 0.223 e. The average molecular weight is 220 g/mol. The second kappa shape index (κ2) is 5.25. The van der Waals surface area contributed by atoms with Crippen molar-refractivity contribution in [2.24, 2.45) is 0 Å². The Kier molecular flexibility index (Phi) is 3.72. The van der Waals surface area contributed by atoms with Crippen LogP contribution < -0.4 is 10.6 Å². The molecule has 0 amide bonds. The van der Waals surface area contributed by atoms with E-state index in [1.807, 2.05) is 19.9 Å². The van der Waals surface area contributed by atoms with Gasteiger partial charge < -0.3 is 10.6 Å². The summed E-state index contributed by atoms with van der Waals surface area (Å²) in [5.41, 5.74) is 2.05. The lowest BCUT2D eigenvalue weighted by molar-refractivity contribution is 0.630. The predicted molar refractivity (Wildman–Crippen MR) is 65.6 cm³/mol. The van der Waals surface area contributed by atoms with E-state index in [9.17, 15) is 0 Å². The fourth-order valence-corrected chi connectivity index (χ4v) is 2.12. The summed E-state index contributed by atoms with van der Waals surface area (Å²) in [7, 11) is 0. The maximum absolute atomic E-state index is 4.41. The summed E-state index contributed by atoms with van der Waals surface area (Å²) in [6.45, 7) is 6.15. The van der Waals surface area contributed by atoms with Crippen LogP contribution in [0.1, 0.15) is 30.7 Å². The molecule has 0 bridgehead atoms. The molecule has 1 aromatic heterocycles. The van der Waals surface area contributed by atoms with Crippen LogP contribution in [0.2, 0.25) is 0 Å². The quantitative estimate of drug-likeness (QED) is 0.795. The van der Waals surface area contributed by atoms with Gasteiger partial charge in [-0.05, 0) is 39.3 Å². The minimum Gasteiger partial charge on any atom is -0.350 e. The lowest BCUT2D eigenvalue weighted by atomic mass is 10.1. The van der Waals surface area contributed by atoms with Crippen LogP contribution in [0.15, 0.2) is 6.07 Å². The topological polar surface area (TPSA) is 49.8 Å². The zero-order chi connectivity index (χ0) is 11.4. The molecular weight excluding hydrogens is 200 g/mol. The fraction of sp³-hybridized carbons (Fsp3) is 0.667. The van der Waals surface area contributed by atoms with Crippen LogP contribution in [0.3, 0.4) is 0 Å². The number of nitrogens with one attached hydrogen (secondary N) is 2. The number of aryl methyl sites for hydroxylation is 2. The van der Waals surface area contributed by atoms with Crippen molar-refractivity contribution >= 4 is 5.95 Å². The fourth-order valence-electron chi connectivity index (χ4n) is 2.12. The number of anilines is 1. The molecule has 1 atom stereocenters. The molecule has 1 aliphatic heterocycles. The normalized spacial score (nSPS) is 21.5. The lowest BCUT2D eigenvalue weighted by Crippen LogP contribution is -2.31. The van der Waals surface area contributed by atoms with Crippen molar-refractivity contribution in [1.29, 1.82) is 0 Å². The number of aromatic nitrogens is 2. The molecule has 4 heteroatoms. The molecular formula is C12H20N4. The average Bonchev–Trinajstić information content (AvgIpc) is 2.44. The van der Waals surface area contributed by atoms with Gasteiger partial charge in [-0.1, -0.05) is 6.42 Å². The van der Waals surface area contributed by atoms with Gasteiger partial charge in [-0.15, -0.1) is 0 Å². The zero-order valence-corrected chi connectivity index (χ0v) is 10.1. The highest BCUT2D eigenvalue weighted by Gasteiger charge is 2.12. The van der Waals surface area contributed by atoms with Crippen LogP contribution in [0, 0.1) is 13.8 Å². The van der Waals surface area contributed by atoms with Crippen LogP contribution in [0.4, 0.5) is 5.95 Å². The Hall–Kier alpha value is -1.16. The molecule has 0 aliphatic carbocycles. The predicted octanol–water partition coefficient (Wildman–Crippen LogP) is 1.65. The maximum atomic E-state index is 4.41. The molecule has 2 heterocycles. The summed E-state index contributed by atoms with van der Waals surface area (Å²) in [5.74, 6) is 0.770. The Bertz CT molecular complexity index is 323.